The standard InChI is InChI=1S/C8H14.CH4/c1-3-5-7-8-6-4-2;/h3-4,6H,1,5,7-8H2,2H3;1H4. The van der Waals surface area contributed by atoms with E-state index in [1.807, 2.05) is 13.0 Å². The molecule has 0 radical (unpaired) electrons. The third-order valence-corrected chi connectivity index (χ3v) is 1.01. The maximum absolute atomic E-state index is 3.63. The van der Waals surface area contributed by atoms with E-state index < -0.39 is 0 Å². The zero-order valence-corrected chi connectivity index (χ0v) is 5.56. The lowest BCUT2D eigenvalue weighted by molar-refractivity contribution is 0.869. The molecule has 0 aromatic carbocycles. The fraction of sp³-hybridized carbons (Fsp3) is 0.556. The summed E-state index contributed by atoms with van der Waals surface area (Å²) in [4.78, 5) is 0. The first-order chi connectivity index (χ1) is 3.91. The quantitative estimate of drug-likeness (QED) is 0.399. The van der Waals surface area contributed by atoms with E-state index in [-0.39, 0.29) is 7.43 Å². The van der Waals surface area contributed by atoms with Gasteiger partial charge in [0.1, 0.15) is 0 Å². The first kappa shape index (κ1) is 11.3. The van der Waals surface area contributed by atoms with Crippen LogP contribution in [-0.4, -0.2) is 0 Å². The minimum Gasteiger partial charge on any atom is -0.103 e. The van der Waals surface area contributed by atoms with Crippen molar-refractivity contribution < 1.29 is 0 Å². The second-order valence-electron chi connectivity index (χ2n) is 1.79. The molecule has 0 aromatic rings. The Hall–Kier alpha value is -0.520. The molecule has 0 saturated heterocycles. The van der Waals surface area contributed by atoms with Crippen molar-refractivity contribution in [2.24, 2.45) is 0 Å². The van der Waals surface area contributed by atoms with Crippen molar-refractivity contribution in [3.63, 3.8) is 0 Å². The Labute approximate surface area is 59.3 Å². The van der Waals surface area contributed by atoms with Crippen molar-refractivity contribution in [1.82, 2.24) is 0 Å². The second-order valence-corrected chi connectivity index (χ2v) is 1.79. The monoisotopic (exact) mass is 126 g/mol. The summed E-state index contributed by atoms with van der Waals surface area (Å²) in [5, 5.41) is 0. The average Bonchev–Trinajstić information content (AvgIpc) is 1.81. The van der Waals surface area contributed by atoms with Gasteiger partial charge in [0, 0.05) is 0 Å². The largest absolute Gasteiger partial charge is 0.103 e. The zero-order valence-electron chi connectivity index (χ0n) is 5.56. The topological polar surface area (TPSA) is 0 Å². The van der Waals surface area contributed by atoms with Crippen LogP contribution in [0.4, 0.5) is 0 Å². The maximum atomic E-state index is 3.63. The van der Waals surface area contributed by atoms with Gasteiger partial charge in [0.05, 0.1) is 0 Å². The Morgan fingerprint density at radius 3 is 2.44 bits per heavy atom. The molecule has 0 heteroatoms. The van der Waals surface area contributed by atoms with Crippen molar-refractivity contribution >= 4 is 0 Å². The Bertz CT molecular complexity index is 70.1. The fourth-order valence-corrected chi connectivity index (χ4v) is 0.547. The van der Waals surface area contributed by atoms with Gasteiger partial charge in [-0.15, -0.1) is 6.58 Å². The molecule has 0 amide bonds. The smallest absolute Gasteiger partial charge is 0.0348 e. The first-order valence-corrected chi connectivity index (χ1v) is 3.14. The summed E-state index contributed by atoms with van der Waals surface area (Å²) >= 11 is 0. The molecule has 0 heterocycles. The molecule has 0 aliphatic carbocycles. The molecule has 54 valence electrons. The van der Waals surface area contributed by atoms with Gasteiger partial charge in [-0.25, -0.2) is 0 Å². The highest BCUT2D eigenvalue weighted by molar-refractivity contribution is 4.78. The van der Waals surface area contributed by atoms with Gasteiger partial charge in [-0.3, -0.25) is 0 Å². The molecule has 0 nitrogen and oxygen atoms in total. The predicted octanol–water partition coefficient (Wildman–Crippen LogP) is 3.55. The molecule has 0 saturated carbocycles. The number of hydrogen-bond acceptors (Lipinski definition) is 0. The normalized spacial score (nSPS) is 9.00. The first-order valence-electron chi connectivity index (χ1n) is 3.14. The maximum Gasteiger partial charge on any atom is -0.0348 e. The van der Waals surface area contributed by atoms with Crippen LogP contribution in [0, 0.1) is 0 Å². The third kappa shape index (κ3) is 11.2. The lowest BCUT2D eigenvalue weighted by atomic mass is 10.2. The van der Waals surface area contributed by atoms with Gasteiger partial charge in [0.15, 0.2) is 0 Å². The van der Waals surface area contributed by atoms with E-state index in [1.54, 1.807) is 0 Å². The van der Waals surface area contributed by atoms with Crippen LogP contribution in [-0.2, 0) is 0 Å². The summed E-state index contributed by atoms with van der Waals surface area (Å²) in [6.07, 6.45) is 9.82. The molecule has 0 atom stereocenters. The van der Waals surface area contributed by atoms with E-state index in [1.165, 1.54) is 12.8 Å². The average molecular weight is 126 g/mol. The second kappa shape index (κ2) is 10.5. The highest BCUT2D eigenvalue weighted by atomic mass is 13.8. The van der Waals surface area contributed by atoms with E-state index in [0.717, 1.165) is 6.42 Å². The molecular formula is C9H18. The highest BCUT2D eigenvalue weighted by Crippen LogP contribution is 1.95. The van der Waals surface area contributed by atoms with Crippen LogP contribution in [0.1, 0.15) is 33.6 Å². The molecule has 0 spiro atoms. The summed E-state index contributed by atoms with van der Waals surface area (Å²) in [7, 11) is 0. The van der Waals surface area contributed by atoms with Crippen LogP contribution in [0.15, 0.2) is 24.8 Å². The van der Waals surface area contributed by atoms with Crippen molar-refractivity contribution in [3.05, 3.63) is 24.8 Å². The fourth-order valence-electron chi connectivity index (χ4n) is 0.547. The van der Waals surface area contributed by atoms with Crippen LogP contribution < -0.4 is 0 Å². The SMILES string of the molecule is C.C=CCCCC=CC. The highest BCUT2D eigenvalue weighted by Gasteiger charge is 1.75. The molecule has 0 aliphatic heterocycles. The molecule has 0 bridgehead atoms. The Morgan fingerprint density at radius 2 is 2.00 bits per heavy atom. The lowest BCUT2D eigenvalue weighted by Crippen LogP contribution is -1.65. The van der Waals surface area contributed by atoms with E-state index in [2.05, 4.69) is 18.7 Å². The van der Waals surface area contributed by atoms with Gasteiger partial charge < -0.3 is 0 Å². The number of hydrogen-bond donors (Lipinski definition) is 0. The van der Waals surface area contributed by atoms with E-state index in [9.17, 15) is 0 Å². The minimum atomic E-state index is 0. The van der Waals surface area contributed by atoms with E-state index in [0.29, 0.717) is 0 Å². The van der Waals surface area contributed by atoms with Gasteiger partial charge in [-0.1, -0.05) is 25.7 Å². The minimum absolute atomic E-state index is 0. The van der Waals surface area contributed by atoms with E-state index in [4.69, 9.17) is 0 Å². The van der Waals surface area contributed by atoms with Crippen LogP contribution >= 0.6 is 0 Å². The van der Waals surface area contributed by atoms with Crippen molar-refractivity contribution in [2.75, 3.05) is 0 Å². The van der Waals surface area contributed by atoms with Gasteiger partial charge in [0.25, 0.3) is 0 Å². The van der Waals surface area contributed by atoms with Crippen LogP contribution in [0.25, 0.3) is 0 Å². The number of unbranched alkanes of at least 4 members (excludes halogenated alkanes) is 2. The molecular weight excluding hydrogens is 108 g/mol. The van der Waals surface area contributed by atoms with Gasteiger partial charge in [-0.05, 0) is 26.2 Å². The molecule has 0 unspecified atom stereocenters. The predicted molar refractivity (Wildman–Crippen MR) is 45.6 cm³/mol. The van der Waals surface area contributed by atoms with Gasteiger partial charge in [-0.2, -0.15) is 0 Å². The number of allylic oxidation sites excluding steroid dienone is 3. The van der Waals surface area contributed by atoms with Gasteiger partial charge in [0.2, 0.25) is 0 Å². The summed E-state index contributed by atoms with van der Waals surface area (Å²) in [6.45, 7) is 5.68. The van der Waals surface area contributed by atoms with Crippen LogP contribution in [0.2, 0.25) is 0 Å². The van der Waals surface area contributed by atoms with Crippen LogP contribution in [0.3, 0.4) is 0 Å². The molecule has 0 fully saturated rings. The summed E-state index contributed by atoms with van der Waals surface area (Å²) in [6, 6.07) is 0. The lowest BCUT2D eigenvalue weighted by Gasteiger charge is -1.85. The molecule has 0 rings (SSSR count). The molecule has 0 aliphatic rings. The van der Waals surface area contributed by atoms with Crippen molar-refractivity contribution in [2.45, 2.75) is 33.6 Å². The molecule has 9 heavy (non-hydrogen) atoms. The van der Waals surface area contributed by atoms with Gasteiger partial charge >= 0.3 is 0 Å². The van der Waals surface area contributed by atoms with E-state index >= 15 is 0 Å². The third-order valence-electron chi connectivity index (χ3n) is 1.01. The zero-order chi connectivity index (χ0) is 6.24. The Balaban J connectivity index is 0. The summed E-state index contributed by atoms with van der Waals surface area (Å²) in [5.41, 5.74) is 0. The summed E-state index contributed by atoms with van der Waals surface area (Å²) in [5.74, 6) is 0. The molecule has 0 N–H and O–H groups in total. The molecule has 0 aromatic heterocycles. The Kier molecular flexibility index (Phi) is 13.1. The van der Waals surface area contributed by atoms with Crippen molar-refractivity contribution in [3.8, 4) is 0 Å². The Morgan fingerprint density at radius 1 is 1.33 bits per heavy atom. The number of rotatable bonds is 4. The van der Waals surface area contributed by atoms with Crippen molar-refractivity contribution in [1.29, 1.82) is 0 Å². The summed E-state index contributed by atoms with van der Waals surface area (Å²) < 4.78 is 0. The van der Waals surface area contributed by atoms with Crippen LogP contribution in [0.5, 0.6) is 0 Å².